The van der Waals surface area contributed by atoms with Crippen molar-refractivity contribution in [2.45, 2.75) is 38.5 Å². The third-order valence-electron chi connectivity index (χ3n) is 13.8. The van der Waals surface area contributed by atoms with E-state index in [4.69, 9.17) is 0 Å². The van der Waals surface area contributed by atoms with E-state index in [9.17, 15) is 0 Å². The summed E-state index contributed by atoms with van der Waals surface area (Å²) in [7, 11) is 0. The van der Waals surface area contributed by atoms with E-state index in [2.05, 4.69) is 221 Å². The second-order valence-corrected chi connectivity index (χ2v) is 17.7. The highest BCUT2D eigenvalue weighted by atomic mass is 15.1. The number of hydrogen-bond donors (Lipinski definition) is 0. The molecule has 2 aliphatic carbocycles. The van der Waals surface area contributed by atoms with Crippen LogP contribution in [0.15, 0.2) is 188 Å². The molecular weight excluding hydrogens is 711 g/mol. The van der Waals surface area contributed by atoms with Gasteiger partial charge in [-0.1, -0.05) is 179 Å². The first-order chi connectivity index (χ1) is 28.8. The zero-order chi connectivity index (χ0) is 39.6. The van der Waals surface area contributed by atoms with Crippen LogP contribution in [0.5, 0.6) is 0 Å². The second-order valence-electron chi connectivity index (χ2n) is 17.7. The Kier molecular flexibility index (Phi) is 7.10. The molecule has 0 spiro atoms. The van der Waals surface area contributed by atoms with Crippen molar-refractivity contribution >= 4 is 60.2 Å². The zero-order valence-corrected chi connectivity index (χ0v) is 33.8. The number of rotatable bonds is 4. The van der Waals surface area contributed by atoms with Crippen LogP contribution in [0.25, 0.3) is 76.5 Å². The second kappa shape index (κ2) is 12.3. The van der Waals surface area contributed by atoms with Crippen LogP contribution < -0.4 is 4.90 Å². The van der Waals surface area contributed by atoms with Crippen molar-refractivity contribution < 1.29 is 0 Å². The Morgan fingerprint density at radius 1 is 0.339 bits per heavy atom. The maximum atomic E-state index is 2.56. The maximum absolute atomic E-state index is 2.56. The molecule has 1 nitrogen and oxygen atoms in total. The van der Waals surface area contributed by atoms with Crippen LogP contribution in [0, 0.1) is 0 Å². The first kappa shape index (κ1) is 34.1. The topological polar surface area (TPSA) is 3.24 Å². The summed E-state index contributed by atoms with van der Waals surface area (Å²) in [5, 5.41) is 10.3. The van der Waals surface area contributed by atoms with Gasteiger partial charge in [-0.25, -0.2) is 0 Å². The van der Waals surface area contributed by atoms with Crippen LogP contribution in [0.1, 0.15) is 49.9 Å². The molecule has 10 aromatic carbocycles. The number of nitrogens with zero attached hydrogens (tertiary/aromatic N) is 1. The molecule has 2 aliphatic rings. The molecule has 280 valence electrons. The maximum Gasteiger partial charge on any atom is 0.0546 e. The van der Waals surface area contributed by atoms with E-state index >= 15 is 0 Å². The van der Waals surface area contributed by atoms with E-state index < -0.39 is 0 Å². The standard InChI is InChI=1S/C58H43N/c1-57(2)51-31-25-38(36-15-6-5-7-16-36)33-49(51)56-54(32-26-37-17-14-24-52(57)55(37)56)59(40-28-30-47-46-22-12-13-23-50(46)58(3,4)53(47)35-40)39-27-29-45-43-20-9-8-18-41(43)42-19-10-11-21-44(42)48(45)34-39/h5-35H,1-4H3. The third-order valence-corrected chi connectivity index (χ3v) is 13.8. The summed E-state index contributed by atoms with van der Waals surface area (Å²) in [5.74, 6) is 0. The first-order valence-electron chi connectivity index (χ1n) is 20.9. The van der Waals surface area contributed by atoms with Crippen molar-refractivity contribution in [3.05, 3.63) is 210 Å². The molecule has 0 atom stereocenters. The van der Waals surface area contributed by atoms with Gasteiger partial charge in [0.05, 0.1) is 5.69 Å². The van der Waals surface area contributed by atoms with Crippen LogP contribution in [0.2, 0.25) is 0 Å². The van der Waals surface area contributed by atoms with E-state index in [-0.39, 0.29) is 10.8 Å². The SMILES string of the molecule is CC1(C)c2ccccc2-c2ccc(N(c3ccc4c5ccccc5c5ccccc5c4c3)c3ccc4cccc5c4c3-c3cc(-c4ccccc4)ccc3C5(C)C)cc21. The van der Waals surface area contributed by atoms with E-state index in [0.29, 0.717) is 0 Å². The summed E-state index contributed by atoms with van der Waals surface area (Å²) in [6.45, 7) is 9.56. The highest BCUT2D eigenvalue weighted by molar-refractivity contribution is 6.26. The van der Waals surface area contributed by atoms with Gasteiger partial charge in [-0.05, 0) is 130 Å². The lowest BCUT2D eigenvalue weighted by Crippen LogP contribution is -2.24. The fraction of sp³-hybridized carbons (Fsp3) is 0.103. The molecule has 0 aliphatic heterocycles. The van der Waals surface area contributed by atoms with Crippen molar-refractivity contribution in [3.8, 4) is 33.4 Å². The average molecular weight is 754 g/mol. The molecule has 0 aromatic heterocycles. The summed E-state index contributed by atoms with van der Waals surface area (Å²) in [6.07, 6.45) is 0. The van der Waals surface area contributed by atoms with Gasteiger partial charge >= 0.3 is 0 Å². The summed E-state index contributed by atoms with van der Waals surface area (Å²) in [5.41, 5.74) is 16.3. The van der Waals surface area contributed by atoms with E-state index in [1.54, 1.807) is 0 Å². The van der Waals surface area contributed by atoms with Gasteiger partial charge in [0.2, 0.25) is 0 Å². The lowest BCUT2D eigenvalue weighted by Gasteiger charge is -2.38. The minimum absolute atomic E-state index is 0.141. The predicted molar refractivity (Wildman–Crippen MR) is 252 cm³/mol. The van der Waals surface area contributed by atoms with Gasteiger partial charge in [0.1, 0.15) is 0 Å². The number of fused-ring (bicyclic) bond motifs is 11. The monoisotopic (exact) mass is 753 g/mol. The highest BCUT2D eigenvalue weighted by Crippen LogP contribution is 2.56. The molecule has 0 radical (unpaired) electrons. The summed E-state index contributed by atoms with van der Waals surface area (Å²) in [4.78, 5) is 2.56. The Morgan fingerprint density at radius 2 is 0.915 bits per heavy atom. The molecule has 12 rings (SSSR count). The average Bonchev–Trinajstić information content (AvgIpc) is 3.51. The molecule has 0 bridgehead atoms. The smallest absolute Gasteiger partial charge is 0.0546 e. The Morgan fingerprint density at radius 3 is 1.68 bits per heavy atom. The zero-order valence-electron chi connectivity index (χ0n) is 33.8. The molecule has 0 N–H and O–H groups in total. The van der Waals surface area contributed by atoms with Gasteiger partial charge in [-0.15, -0.1) is 0 Å². The van der Waals surface area contributed by atoms with Crippen molar-refractivity contribution in [2.24, 2.45) is 0 Å². The largest absolute Gasteiger partial charge is 0.310 e. The number of benzene rings is 10. The van der Waals surface area contributed by atoms with Gasteiger partial charge in [0.15, 0.2) is 0 Å². The van der Waals surface area contributed by atoms with Gasteiger partial charge < -0.3 is 4.90 Å². The fourth-order valence-electron chi connectivity index (χ4n) is 10.9. The molecule has 10 aromatic rings. The normalized spacial score (nSPS) is 14.4. The van der Waals surface area contributed by atoms with E-state index in [0.717, 1.165) is 11.4 Å². The molecule has 1 heteroatoms. The van der Waals surface area contributed by atoms with Crippen molar-refractivity contribution in [2.75, 3.05) is 4.90 Å². The Bertz CT molecular complexity index is 3350. The summed E-state index contributed by atoms with van der Waals surface area (Å²) in [6, 6.07) is 70.8. The highest BCUT2D eigenvalue weighted by Gasteiger charge is 2.38. The number of hydrogen-bond acceptors (Lipinski definition) is 1. The molecule has 0 heterocycles. The van der Waals surface area contributed by atoms with Crippen LogP contribution in [0.4, 0.5) is 17.1 Å². The van der Waals surface area contributed by atoms with Crippen LogP contribution in [-0.4, -0.2) is 0 Å². The molecular formula is C58H43N. The van der Waals surface area contributed by atoms with Crippen molar-refractivity contribution in [1.82, 2.24) is 0 Å². The van der Waals surface area contributed by atoms with Gasteiger partial charge in [0.25, 0.3) is 0 Å². The van der Waals surface area contributed by atoms with Gasteiger partial charge in [-0.3, -0.25) is 0 Å². The summed E-state index contributed by atoms with van der Waals surface area (Å²) < 4.78 is 0. The Balaban J connectivity index is 1.19. The van der Waals surface area contributed by atoms with Crippen LogP contribution in [-0.2, 0) is 10.8 Å². The van der Waals surface area contributed by atoms with Crippen LogP contribution in [0.3, 0.4) is 0 Å². The molecule has 0 saturated carbocycles. The van der Waals surface area contributed by atoms with Crippen molar-refractivity contribution in [1.29, 1.82) is 0 Å². The van der Waals surface area contributed by atoms with E-state index in [1.807, 2.05) is 0 Å². The molecule has 0 amide bonds. The predicted octanol–water partition coefficient (Wildman–Crippen LogP) is 16.0. The molecule has 0 unspecified atom stereocenters. The molecule has 0 fully saturated rings. The van der Waals surface area contributed by atoms with Crippen molar-refractivity contribution in [3.63, 3.8) is 0 Å². The number of anilines is 3. The summed E-state index contributed by atoms with van der Waals surface area (Å²) >= 11 is 0. The Labute approximate surface area is 345 Å². The molecule has 59 heavy (non-hydrogen) atoms. The lowest BCUT2D eigenvalue weighted by atomic mass is 9.67. The third kappa shape index (κ3) is 4.79. The van der Waals surface area contributed by atoms with Gasteiger partial charge in [-0.2, -0.15) is 0 Å². The minimum atomic E-state index is -0.188. The van der Waals surface area contributed by atoms with Crippen LogP contribution >= 0.6 is 0 Å². The van der Waals surface area contributed by atoms with Gasteiger partial charge in [0, 0.05) is 27.8 Å². The molecule has 0 saturated heterocycles. The minimum Gasteiger partial charge on any atom is -0.310 e. The van der Waals surface area contributed by atoms with E-state index in [1.165, 1.54) is 104 Å². The lowest BCUT2D eigenvalue weighted by molar-refractivity contribution is 0.645. The quantitative estimate of drug-likeness (QED) is 0.162. The first-order valence-corrected chi connectivity index (χ1v) is 20.9. The Hall–Kier alpha value is -6.96. The fourth-order valence-corrected chi connectivity index (χ4v) is 10.9.